The number of nitrogens with one attached hydrogen (secondary N) is 3. The number of likely N-dealkylation sites (N-methyl/N-ethyl adjacent to an activating group) is 1. The number of alkyl carbamates (subject to hydrolysis) is 1. The maximum absolute atomic E-state index is 13.9. The lowest BCUT2D eigenvalue weighted by atomic mass is 9.80. The summed E-state index contributed by atoms with van der Waals surface area (Å²) in [7, 11) is 1.39. The van der Waals surface area contributed by atoms with Crippen LogP contribution in [-0.4, -0.2) is 71.8 Å². The molecule has 3 unspecified atom stereocenters. The van der Waals surface area contributed by atoms with E-state index in [2.05, 4.69) is 29.8 Å². The van der Waals surface area contributed by atoms with Crippen LogP contribution in [0, 0.1) is 28.6 Å². The highest BCUT2D eigenvalue weighted by Gasteiger charge is 2.70. The van der Waals surface area contributed by atoms with Gasteiger partial charge in [-0.15, -0.1) is 0 Å². The predicted octanol–water partition coefficient (Wildman–Crippen LogP) is 2.40. The summed E-state index contributed by atoms with van der Waals surface area (Å²) >= 11 is 0. The van der Waals surface area contributed by atoms with Crippen LogP contribution in [0.1, 0.15) is 81.1 Å². The summed E-state index contributed by atoms with van der Waals surface area (Å²) in [5, 5.41) is 7.94. The number of carbonyl (C=O) groups excluding carboxylic acids is 5. The number of carbonyl (C=O) groups is 5. The third-order valence-corrected chi connectivity index (χ3v) is 8.41. The lowest BCUT2D eigenvalue weighted by molar-refractivity contribution is -0.145. The molecular formula is C28H46N4O6. The van der Waals surface area contributed by atoms with Crippen LogP contribution in [0.5, 0.6) is 0 Å². The van der Waals surface area contributed by atoms with Gasteiger partial charge in [0, 0.05) is 13.6 Å². The summed E-state index contributed by atoms with van der Waals surface area (Å²) < 4.78 is 5.40. The number of fused-ring (bicyclic) bond motifs is 1. The zero-order valence-corrected chi connectivity index (χ0v) is 24.4. The van der Waals surface area contributed by atoms with Crippen molar-refractivity contribution in [3.05, 3.63) is 0 Å². The van der Waals surface area contributed by atoms with Crippen molar-refractivity contribution >= 4 is 29.6 Å². The number of piperidine rings is 1. The number of rotatable bonds is 8. The van der Waals surface area contributed by atoms with Crippen molar-refractivity contribution in [1.29, 1.82) is 0 Å². The molecule has 3 aliphatic rings. The smallest absolute Gasteiger partial charge is 0.408 e. The summed E-state index contributed by atoms with van der Waals surface area (Å²) in [4.78, 5) is 66.9. The van der Waals surface area contributed by atoms with E-state index in [0.29, 0.717) is 13.0 Å². The SMILES string of the molecule is CNC(=O)C(=O)C(CC1CCC1)NC(=O)[C@@H]1C2C(CN1C(=O)[C@@H](NC(=O)OC(C)(C)C)C(C)(C)C)C2(C)C. The van der Waals surface area contributed by atoms with Crippen molar-refractivity contribution in [1.82, 2.24) is 20.9 Å². The minimum Gasteiger partial charge on any atom is -0.444 e. The Morgan fingerprint density at radius 1 is 1.00 bits per heavy atom. The second-order valence-corrected chi connectivity index (χ2v) is 13.9. The van der Waals surface area contributed by atoms with E-state index in [1.165, 1.54) is 7.05 Å². The standard InChI is InChI=1S/C28H46N4O6/c1-26(2,3)21(31-25(37)38-27(4,5)6)24(36)32-14-16-18(28(16,7)8)19(32)22(34)30-17(13-15-11-10-12-15)20(33)23(35)29-9/h15-19,21H,10-14H2,1-9H3,(H,29,35)(H,30,34)(H,31,37)/t16?,17?,18?,19-,21+/m0/s1. The molecule has 4 amide bonds. The van der Waals surface area contributed by atoms with Gasteiger partial charge in [-0.05, 0) is 55.8 Å². The van der Waals surface area contributed by atoms with Gasteiger partial charge in [0.25, 0.3) is 5.91 Å². The fourth-order valence-electron chi connectivity index (χ4n) is 5.89. The minimum absolute atomic E-state index is 0.0759. The topological polar surface area (TPSA) is 134 Å². The Morgan fingerprint density at radius 3 is 2.08 bits per heavy atom. The second-order valence-electron chi connectivity index (χ2n) is 13.9. The molecule has 2 aliphatic carbocycles. The van der Waals surface area contributed by atoms with Gasteiger partial charge in [0.2, 0.25) is 17.6 Å². The molecule has 3 fully saturated rings. The summed E-state index contributed by atoms with van der Waals surface area (Å²) in [5.74, 6) is -1.87. The van der Waals surface area contributed by atoms with Crippen LogP contribution >= 0.6 is 0 Å². The van der Waals surface area contributed by atoms with Gasteiger partial charge in [-0.2, -0.15) is 0 Å². The summed E-state index contributed by atoms with van der Waals surface area (Å²) in [5.41, 5.74) is -1.52. The average molecular weight is 535 g/mol. The van der Waals surface area contributed by atoms with Gasteiger partial charge in [-0.25, -0.2) is 4.79 Å². The van der Waals surface area contributed by atoms with Gasteiger partial charge >= 0.3 is 6.09 Å². The maximum atomic E-state index is 13.9. The molecular weight excluding hydrogens is 488 g/mol. The molecule has 1 saturated heterocycles. The Kier molecular flexibility index (Phi) is 8.25. The molecule has 0 aromatic heterocycles. The van der Waals surface area contributed by atoms with Crippen molar-refractivity contribution in [3.8, 4) is 0 Å². The quantitative estimate of drug-likeness (QED) is 0.410. The molecule has 10 heteroatoms. The molecule has 0 radical (unpaired) electrons. The first kappa shape index (κ1) is 29.9. The van der Waals surface area contributed by atoms with Crippen LogP contribution in [0.3, 0.4) is 0 Å². The van der Waals surface area contributed by atoms with E-state index in [-0.39, 0.29) is 29.1 Å². The minimum atomic E-state index is -0.941. The van der Waals surface area contributed by atoms with Crippen molar-refractivity contribution in [3.63, 3.8) is 0 Å². The van der Waals surface area contributed by atoms with E-state index >= 15 is 0 Å². The average Bonchev–Trinajstić information content (AvgIpc) is 3.08. The molecule has 38 heavy (non-hydrogen) atoms. The number of hydrogen-bond donors (Lipinski definition) is 3. The van der Waals surface area contributed by atoms with Crippen LogP contribution in [0.25, 0.3) is 0 Å². The highest BCUT2D eigenvalue weighted by Crippen LogP contribution is 2.65. The van der Waals surface area contributed by atoms with E-state index < -0.39 is 52.8 Å². The monoisotopic (exact) mass is 534 g/mol. The first-order valence-electron chi connectivity index (χ1n) is 13.7. The lowest BCUT2D eigenvalue weighted by Crippen LogP contribution is -2.61. The predicted molar refractivity (Wildman–Crippen MR) is 142 cm³/mol. The molecule has 0 aromatic carbocycles. The van der Waals surface area contributed by atoms with Crippen LogP contribution in [0.15, 0.2) is 0 Å². The number of likely N-dealkylation sites (tertiary alicyclic amines) is 1. The highest BCUT2D eigenvalue weighted by atomic mass is 16.6. The number of hydrogen-bond acceptors (Lipinski definition) is 6. The molecule has 2 saturated carbocycles. The first-order valence-corrected chi connectivity index (χ1v) is 13.7. The Hall–Kier alpha value is -2.65. The third kappa shape index (κ3) is 6.31. The van der Waals surface area contributed by atoms with Crippen molar-refractivity contribution in [2.75, 3.05) is 13.6 Å². The van der Waals surface area contributed by atoms with Crippen LogP contribution in [0.4, 0.5) is 4.79 Å². The molecule has 0 spiro atoms. The molecule has 1 aliphatic heterocycles. The summed E-state index contributed by atoms with van der Waals surface area (Å²) in [6.07, 6.45) is 2.70. The van der Waals surface area contributed by atoms with Gasteiger partial charge < -0.3 is 25.6 Å². The number of ketones is 1. The molecule has 10 nitrogen and oxygen atoms in total. The lowest BCUT2D eigenvalue weighted by Gasteiger charge is -2.38. The third-order valence-electron chi connectivity index (χ3n) is 8.41. The van der Waals surface area contributed by atoms with E-state index in [4.69, 9.17) is 4.74 Å². The van der Waals surface area contributed by atoms with Crippen LogP contribution in [0.2, 0.25) is 0 Å². The fraction of sp³-hybridized carbons (Fsp3) is 0.821. The Morgan fingerprint density at radius 2 is 1.61 bits per heavy atom. The van der Waals surface area contributed by atoms with Gasteiger partial charge in [0.1, 0.15) is 17.7 Å². The summed E-state index contributed by atoms with van der Waals surface area (Å²) in [6.45, 7) is 15.3. The van der Waals surface area contributed by atoms with Crippen molar-refractivity contribution < 1.29 is 28.7 Å². The number of ether oxygens (including phenoxy) is 1. The Balaban J connectivity index is 1.84. The highest BCUT2D eigenvalue weighted by molar-refractivity contribution is 6.38. The number of Topliss-reactive ketones (excluding diaryl/α,β-unsaturated/α-hetero) is 1. The second kappa shape index (κ2) is 10.5. The van der Waals surface area contributed by atoms with Gasteiger partial charge in [0.15, 0.2) is 0 Å². The number of amides is 4. The van der Waals surface area contributed by atoms with Crippen molar-refractivity contribution in [2.24, 2.45) is 28.6 Å². The fourth-order valence-corrected chi connectivity index (χ4v) is 5.89. The molecule has 0 aromatic rings. The van der Waals surface area contributed by atoms with Gasteiger partial charge in [-0.1, -0.05) is 53.9 Å². The zero-order chi connectivity index (χ0) is 28.8. The molecule has 1 heterocycles. The largest absolute Gasteiger partial charge is 0.444 e. The molecule has 0 bridgehead atoms. The van der Waals surface area contributed by atoms with E-state index in [1.807, 2.05) is 20.8 Å². The maximum Gasteiger partial charge on any atom is 0.408 e. The first-order chi connectivity index (χ1) is 17.4. The Bertz CT molecular complexity index is 975. The van der Waals surface area contributed by atoms with Crippen LogP contribution < -0.4 is 16.0 Å². The van der Waals surface area contributed by atoms with Gasteiger partial charge in [-0.3, -0.25) is 19.2 Å². The molecule has 3 rings (SSSR count). The van der Waals surface area contributed by atoms with Crippen molar-refractivity contribution in [2.45, 2.75) is 105 Å². The molecule has 214 valence electrons. The number of nitrogens with zero attached hydrogens (tertiary/aromatic N) is 1. The van der Waals surface area contributed by atoms with E-state index in [0.717, 1.165) is 19.3 Å². The zero-order valence-electron chi connectivity index (χ0n) is 24.4. The van der Waals surface area contributed by atoms with Crippen LogP contribution in [-0.2, 0) is 23.9 Å². The molecule has 3 N–H and O–H groups in total. The van der Waals surface area contributed by atoms with E-state index in [1.54, 1.807) is 25.7 Å². The van der Waals surface area contributed by atoms with Gasteiger partial charge in [0.05, 0.1) is 6.04 Å². The normalized spacial score (nSPS) is 25.8. The molecule has 5 atom stereocenters. The van der Waals surface area contributed by atoms with E-state index in [9.17, 15) is 24.0 Å². The summed E-state index contributed by atoms with van der Waals surface area (Å²) in [6, 6.07) is -2.66. The Labute approximate surface area is 226 Å².